The number of carboxylic acids is 1. The molecule has 0 bridgehead atoms. The normalized spacial score (nSPS) is 10.3. The molecule has 2 rings (SSSR count). The van der Waals surface area contributed by atoms with Gasteiger partial charge in [0.2, 0.25) is 0 Å². The highest BCUT2D eigenvalue weighted by Gasteiger charge is 2.09. The number of carbonyl (C=O) groups is 1. The van der Waals surface area contributed by atoms with Gasteiger partial charge in [0.15, 0.2) is 0 Å². The molecule has 4 nitrogen and oxygen atoms in total. The first-order chi connectivity index (χ1) is 9.47. The molecule has 0 amide bonds. The van der Waals surface area contributed by atoms with Gasteiger partial charge in [-0.15, -0.1) is 0 Å². The molecule has 1 aromatic heterocycles. The van der Waals surface area contributed by atoms with Crippen LogP contribution in [0.3, 0.4) is 0 Å². The molecule has 2 N–H and O–H groups in total. The van der Waals surface area contributed by atoms with Gasteiger partial charge in [-0.05, 0) is 24.3 Å². The highest BCUT2D eigenvalue weighted by molar-refractivity contribution is 6.41. The minimum atomic E-state index is -1.07. The van der Waals surface area contributed by atoms with E-state index in [0.29, 0.717) is 33.0 Å². The zero-order chi connectivity index (χ0) is 14.7. The lowest BCUT2D eigenvalue weighted by atomic mass is 10.2. The molecule has 0 unspecified atom stereocenters. The third kappa shape index (κ3) is 3.54. The predicted octanol–water partition coefficient (Wildman–Crippen LogP) is 4.35. The van der Waals surface area contributed by atoms with Crippen LogP contribution in [0.5, 0.6) is 0 Å². The van der Waals surface area contributed by atoms with Gasteiger partial charge in [-0.3, -0.25) is 0 Å². The average molecular weight is 332 g/mol. The van der Waals surface area contributed by atoms with Crippen molar-refractivity contribution in [1.82, 2.24) is 4.98 Å². The minimum Gasteiger partial charge on any atom is -0.477 e. The van der Waals surface area contributed by atoms with Gasteiger partial charge in [-0.25, -0.2) is 9.78 Å². The van der Waals surface area contributed by atoms with Gasteiger partial charge >= 0.3 is 5.97 Å². The maximum Gasteiger partial charge on any atom is 0.354 e. The van der Waals surface area contributed by atoms with E-state index in [1.165, 1.54) is 6.07 Å². The molecule has 0 aliphatic carbocycles. The van der Waals surface area contributed by atoms with Crippen molar-refractivity contribution in [2.24, 2.45) is 0 Å². The number of hydrogen-bond donors (Lipinski definition) is 2. The third-order valence-electron chi connectivity index (χ3n) is 2.48. The quantitative estimate of drug-likeness (QED) is 0.874. The lowest BCUT2D eigenvalue weighted by Crippen LogP contribution is -2.07. The molecule has 0 saturated carbocycles. The van der Waals surface area contributed by atoms with E-state index in [4.69, 9.17) is 39.9 Å². The summed E-state index contributed by atoms with van der Waals surface area (Å²) >= 11 is 17.9. The van der Waals surface area contributed by atoms with Crippen molar-refractivity contribution < 1.29 is 9.90 Å². The lowest BCUT2D eigenvalue weighted by Gasteiger charge is -2.10. The van der Waals surface area contributed by atoms with E-state index in [1.807, 2.05) is 0 Å². The van der Waals surface area contributed by atoms with E-state index in [2.05, 4.69) is 10.3 Å². The molecule has 1 aromatic carbocycles. The molecule has 0 atom stereocenters. The molecule has 1 heterocycles. The van der Waals surface area contributed by atoms with E-state index in [9.17, 15) is 4.79 Å². The molecule has 0 radical (unpaired) electrons. The van der Waals surface area contributed by atoms with Crippen molar-refractivity contribution in [2.75, 3.05) is 5.32 Å². The first-order valence-corrected chi connectivity index (χ1v) is 6.68. The highest BCUT2D eigenvalue weighted by atomic mass is 35.5. The topological polar surface area (TPSA) is 62.2 Å². The van der Waals surface area contributed by atoms with Crippen LogP contribution in [0, 0.1) is 0 Å². The minimum absolute atomic E-state index is 0.0161. The van der Waals surface area contributed by atoms with Crippen molar-refractivity contribution in [2.45, 2.75) is 6.54 Å². The Balaban J connectivity index is 2.17. The number of hydrogen-bond acceptors (Lipinski definition) is 3. The van der Waals surface area contributed by atoms with Gasteiger partial charge in [0.25, 0.3) is 0 Å². The second-order valence-corrected chi connectivity index (χ2v) is 5.17. The van der Waals surface area contributed by atoms with Crippen LogP contribution in [0.15, 0.2) is 30.3 Å². The Morgan fingerprint density at radius 3 is 2.45 bits per heavy atom. The van der Waals surface area contributed by atoms with Crippen molar-refractivity contribution in [3.8, 4) is 0 Å². The molecule has 0 saturated heterocycles. The molecule has 7 heteroatoms. The van der Waals surface area contributed by atoms with Crippen LogP contribution in [0.1, 0.15) is 16.2 Å². The first kappa shape index (κ1) is 14.9. The van der Waals surface area contributed by atoms with E-state index in [1.54, 1.807) is 24.3 Å². The molecular weight excluding hydrogens is 323 g/mol. The number of anilines is 1. The van der Waals surface area contributed by atoms with Gasteiger partial charge < -0.3 is 10.4 Å². The van der Waals surface area contributed by atoms with Gasteiger partial charge in [0.1, 0.15) is 5.69 Å². The van der Waals surface area contributed by atoms with Crippen molar-refractivity contribution in [3.05, 3.63) is 56.8 Å². The zero-order valence-electron chi connectivity index (χ0n) is 10.0. The number of aromatic carboxylic acids is 1. The van der Waals surface area contributed by atoms with Crippen molar-refractivity contribution >= 4 is 46.5 Å². The van der Waals surface area contributed by atoms with E-state index in [-0.39, 0.29) is 5.69 Å². The fraction of sp³-hybridized carbons (Fsp3) is 0.0769. The zero-order valence-corrected chi connectivity index (χ0v) is 12.3. The maximum atomic E-state index is 10.8. The van der Waals surface area contributed by atoms with Crippen LogP contribution < -0.4 is 5.32 Å². The van der Waals surface area contributed by atoms with Gasteiger partial charge in [0, 0.05) is 5.02 Å². The fourth-order valence-corrected chi connectivity index (χ4v) is 2.54. The second kappa shape index (κ2) is 6.31. The van der Waals surface area contributed by atoms with Crippen LogP contribution >= 0.6 is 34.8 Å². The maximum absolute atomic E-state index is 10.8. The number of benzene rings is 1. The summed E-state index contributed by atoms with van der Waals surface area (Å²) in [6.45, 7) is 0.294. The standard InChI is InChI=1S/C13H9Cl3N2O2/c14-7-4-9(15)12(10(16)5-7)17-6-8-2-1-3-11(18-8)13(19)20/h1-5,17H,6H2,(H,19,20). The Morgan fingerprint density at radius 1 is 1.20 bits per heavy atom. The summed E-state index contributed by atoms with van der Waals surface area (Å²) in [5.74, 6) is -1.07. The molecule has 0 fully saturated rings. The Bertz CT molecular complexity index is 639. The number of pyridine rings is 1. The number of carboxylic acid groups (broad SMARTS) is 1. The summed E-state index contributed by atoms with van der Waals surface area (Å²) < 4.78 is 0. The Morgan fingerprint density at radius 2 is 1.85 bits per heavy atom. The summed E-state index contributed by atoms with van der Waals surface area (Å²) in [5, 5.41) is 13.1. The van der Waals surface area contributed by atoms with Crippen LogP contribution in [0.4, 0.5) is 5.69 Å². The molecule has 20 heavy (non-hydrogen) atoms. The van der Waals surface area contributed by atoms with Gasteiger partial charge in [-0.1, -0.05) is 40.9 Å². The SMILES string of the molecule is O=C(O)c1cccc(CNc2c(Cl)cc(Cl)cc2Cl)n1. The summed E-state index contributed by atoms with van der Waals surface area (Å²) in [6, 6.07) is 7.89. The Labute approximate surface area is 130 Å². The number of nitrogens with one attached hydrogen (secondary N) is 1. The van der Waals surface area contributed by atoms with Crippen LogP contribution in [-0.4, -0.2) is 16.1 Å². The van der Waals surface area contributed by atoms with Crippen LogP contribution in [0.25, 0.3) is 0 Å². The number of rotatable bonds is 4. The van der Waals surface area contributed by atoms with Crippen molar-refractivity contribution in [3.63, 3.8) is 0 Å². The third-order valence-corrected chi connectivity index (χ3v) is 3.29. The van der Waals surface area contributed by atoms with E-state index >= 15 is 0 Å². The molecule has 0 aliphatic heterocycles. The van der Waals surface area contributed by atoms with Gasteiger partial charge in [0.05, 0.1) is 28.0 Å². The summed E-state index contributed by atoms with van der Waals surface area (Å²) in [7, 11) is 0. The molecule has 104 valence electrons. The highest BCUT2D eigenvalue weighted by Crippen LogP contribution is 2.33. The van der Waals surface area contributed by atoms with E-state index in [0.717, 1.165) is 0 Å². The Kier molecular flexibility index (Phi) is 4.70. The summed E-state index contributed by atoms with van der Waals surface area (Å²) in [4.78, 5) is 14.8. The molecular formula is C13H9Cl3N2O2. The summed E-state index contributed by atoms with van der Waals surface area (Å²) in [6.07, 6.45) is 0. The number of aromatic nitrogens is 1. The van der Waals surface area contributed by atoms with Crippen LogP contribution in [-0.2, 0) is 6.54 Å². The summed E-state index contributed by atoms with van der Waals surface area (Å²) in [5.41, 5.74) is 1.07. The average Bonchev–Trinajstić information content (AvgIpc) is 2.37. The molecule has 0 spiro atoms. The fourth-order valence-electron chi connectivity index (χ4n) is 1.59. The number of halogens is 3. The predicted molar refractivity (Wildman–Crippen MR) is 80.0 cm³/mol. The lowest BCUT2D eigenvalue weighted by molar-refractivity contribution is 0.0690. The van der Waals surface area contributed by atoms with Gasteiger partial charge in [-0.2, -0.15) is 0 Å². The Hall–Kier alpha value is -1.49. The smallest absolute Gasteiger partial charge is 0.354 e. The first-order valence-electron chi connectivity index (χ1n) is 5.55. The second-order valence-electron chi connectivity index (χ2n) is 3.92. The van der Waals surface area contributed by atoms with E-state index < -0.39 is 5.97 Å². The van der Waals surface area contributed by atoms with Crippen LogP contribution in [0.2, 0.25) is 15.1 Å². The molecule has 0 aliphatic rings. The monoisotopic (exact) mass is 330 g/mol. The number of nitrogens with zero attached hydrogens (tertiary/aromatic N) is 1. The van der Waals surface area contributed by atoms with Crippen molar-refractivity contribution in [1.29, 1.82) is 0 Å². The largest absolute Gasteiger partial charge is 0.477 e. The molecule has 2 aromatic rings.